The van der Waals surface area contributed by atoms with Crippen LogP contribution in [0.1, 0.15) is 5.69 Å². The molecule has 0 spiro atoms. The number of amides is 2. The van der Waals surface area contributed by atoms with Crippen LogP contribution in [-0.4, -0.2) is 72.9 Å². The molecule has 0 saturated carbocycles. The Kier molecular flexibility index (Phi) is 4.86. The Bertz CT molecular complexity index is 576. The zero-order chi connectivity index (χ0) is 16.1. The van der Waals surface area contributed by atoms with E-state index in [1.165, 1.54) is 4.90 Å². The smallest absolute Gasteiger partial charge is 0.410 e. The number of morpholine rings is 1. The van der Waals surface area contributed by atoms with E-state index in [9.17, 15) is 9.59 Å². The summed E-state index contributed by atoms with van der Waals surface area (Å²) in [6, 6.07) is 1.76. The van der Waals surface area contributed by atoms with E-state index in [1.54, 1.807) is 12.3 Å². The number of aromatic nitrogens is 2. The summed E-state index contributed by atoms with van der Waals surface area (Å²) in [5.74, 6) is 0.401. The Morgan fingerprint density at radius 2 is 2.09 bits per heavy atom. The molecule has 0 bridgehead atoms. The SMILES string of the molecule is O=C(CN1CCOC1=O)NCc1ccnc(N2CCOCC2)n1. The van der Waals surface area contributed by atoms with Gasteiger partial charge in [0.1, 0.15) is 13.2 Å². The molecule has 9 heteroatoms. The van der Waals surface area contributed by atoms with Crippen LogP contribution in [0.15, 0.2) is 12.3 Å². The summed E-state index contributed by atoms with van der Waals surface area (Å²) in [5, 5.41) is 2.75. The van der Waals surface area contributed by atoms with Crippen LogP contribution in [-0.2, 0) is 20.8 Å². The normalized spacial score (nSPS) is 18.0. The number of nitrogens with one attached hydrogen (secondary N) is 1. The van der Waals surface area contributed by atoms with E-state index in [0.717, 1.165) is 18.8 Å². The molecule has 0 aliphatic carbocycles. The Morgan fingerprint density at radius 3 is 2.83 bits per heavy atom. The third-order valence-corrected chi connectivity index (χ3v) is 3.64. The van der Waals surface area contributed by atoms with Crippen molar-refractivity contribution >= 4 is 17.9 Å². The van der Waals surface area contributed by atoms with E-state index in [0.29, 0.717) is 38.9 Å². The first-order valence-electron chi connectivity index (χ1n) is 7.55. The van der Waals surface area contributed by atoms with Gasteiger partial charge < -0.3 is 19.7 Å². The second-order valence-electron chi connectivity index (χ2n) is 5.26. The fourth-order valence-electron chi connectivity index (χ4n) is 2.39. The molecule has 23 heavy (non-hydrogen) atoms. The molecule has 0 aromatic carbocycles. The molecule has 0 unspecified atom stereocenters. The highest BCUT2D eigenvalue weighted by Crippen LogP contribution is 2.09. The molecule has 3 rings (SSSR count). The Balaban J connectivity index is 1.51. The highest BCUT2D eigenvalue weighted by molar-refractivity contribution is 5.82. The second-order valence-corrected chi connectivity index (χ2v) is 5.26. The largest absolute Gasteiger partial charge is 0.448 e. The lowest BCUT2D eigenvalue weighted by Gasteiger charge is -2.26. The minimum absolute atomic E-state index is 0.000236. The minimum Gasteiger partial charge on any atom is -0.448 e. The Morgan fingerprint density at radius 1 is 1.26 bits per heavy atom. The topological polar surface area (TPSA) is 96.9 Å². The maximum atomic E-state index is 11.9. The quantitative estimate of drug-likeness (QED) is 0.772. The maximum absolute atomic E-state index is 11.9. The van der Waals surface area contributed by atoms with Crippen molar-refractivity contribution in [1.82, 2.24) is 20.2 Å². The standard InChI is InChI=1S/C14H19N5O4/c20-12(10-19-5-8-23-14(19)21)16-9-11-1-2-15-13(17-11)18-3-6-22-7-4-18/h1-2H,3-10H2,(H,16,20). The number of hydrogen-bond donors (Lipinski definition) is 1. The number of nitrogens with zero attached hydrogens (tertiary/aromatic N) is 4. The number of rotatable bonds is 5. The number of carbonyl (C=O) groups excluding carboxylic acids is 2. The average molecular weight is 321 g/mol. The molecule has 2 saturated heterocycles. The lowest BCUT2D eigenvalue weighted by Crippen LogP contribution is -2.38. The van der Waals surface area contributed by atoms with Gasteiger partial charge in [0.15, 0.2) is 0 Å². The van der Waals surface area contributed by atoms with Crippen LogP contribution in [0.2, 0.25) is 0 Å². The van der Waals surface area contributed by atoms with Crippen LogP contribution < -0.4 is 10.2 Å². The Hall–Kier alpha value is -2.42. The van der Waals surface area contributed by atoms with Gasteiger partial charge in [-0.05, 0) is 6.07 Å². The van der Waals surface area contributed by atoms with Gasteiger partial charge >= 0.3 is 6.09 Å². The van der Waals surface area contributed by atoms with Gasteiger partial charge in [-0.3, -0.25) is 9.69 Å². The minimum atomic E-state index is -0.447. The van der Waals surface area contributed by atoms with Crippen molar-refractivity contribution in [2.75, 3.05) is 50.9 Å². The van der Waals surface area contributed by atoms with Crippen LogP contribution in [0, 0.1) is 0 Å². The lowest BCUT2D eigenvalue weighted by molar-refractivity contribution is -0.121. The average Bonchev–Trinajstić information content (AvgIpc) is 2.99. The van der Waals surface area contributed by atoms with Crippen molar-refractivity contribution < 1.29 is 19.1 Å². The van der Waals surface area contributed by atoms with Crippen molar-refractivity contribution in [2.45, 2.75) is 6.54 Å². The third-order valence-electron chi connectivity index (χ3n) is 3.64. The summed E-state index contributed by atoms with van der Waals surface area (Å²) in [7, 11) is 0. The summed E-state index contributed by atoms with van der Waals surface area (Å²) < 4.78 is 10.1. The first-order valence-corrected chi connectivity index (χ1v) is 7.55. The Labute approximate surface area is 133 Å². The molecule has 124 valence electrons. The van der Waals surface area contributed by atoms with E-state index in [4.69, 9.17) is 9.47 Å². The molecular formula is C14H19N5O4. The maximum Gasteiger partial charge on any atom is 0.410 e. The van der Waals surface area contributed by atoms with Crippen LogP contribution in [0.5, 0.6) is 0 Å². The summed E-state index contributed by atoms with van der Waals surface area (Å²) in [4.78, 5) is 35.3. The van der Waals surface area contributed by atoms with E-state index in [-0.39, 0.29) is 12.5 Å². The van der Waals surface area contributed by atoms with E-state index < -0.39 is 6.09 Å². The molecule has 9 nitrogen and oxygen atoms in total. The monoisotopic (exact) mass is 321 g/mol. The van der Waals surface area contributed by atoms with E-state index in [2.05, 4.69) is 20.2 Å². The fourth-order valence-corrected chi connectivity index (χ4v) is 2.39. The van der Waals surface area contributed by atoms with Crippen LogP contribution in [0.3, 0.4) is 0 Å². The highest BCUT2D eigenvalue weighted by Gasteiger charge is 2.24. The van der Waals surface area contributed by atoms with Gasteiger partial charge in [0.2, 0.25) is 11.9 Å². The molecule has 1 N–H and O–H groups in total. The lowest BCUT2D eigenvalue weighted by atomic mass is 10.4. The number of anilines is 1. The molecule has 2 aliphatic heterocycles. The van der Waals surface area contributed by atoms with Gasteiger partial charge in [-0.25, -0.2) is 14.8 Å². The first kappa shape index (κ1) is 15.5. The van der Waals surface area contributed by atoms with Crippen molar-refractivity contribution in [3.05, 3.63) is 18.0 Å². The molecular weight excluding hydrogens is 302 g/mol. The zero-order valence-electron chi connectivity index (χ0n) is 12.7. The molecule has 2 aliphatic rings. The second kappa shape index (κ2) is 7.23. The number of carbonyl (C=O) groups is 2. The molecule has 2 fully saturated rings. The van der Waals surface area contributed by atoms with E-state index >= 15 is 0 Å². The first-order chi connectivity index (χ1) is 11.2. The van der Waals surface area contributed by atoms with Gasteiger partial charge in [-0.2, -0.15) is 0 Å². The van der Waals surface area contributed by atoms with Crippen LogP contribution >= 0.6 is 0 Å². The van der Waals surface area contributed by atoms with Gasteiger partial charge in [0.05, 0.1) is 32.0 Å². The van der Waals surface area contributed by atoms with Gasteiger partial charge in [0.25, 0.3) is 0 Å². The fraction of sp³-hybridized carbons (Fsp3) is 0.571. The summed E-state index contributed by atoms with van der Waals surface area (Å²) >= 11 is 0. The summed E-state index contributed by atoms with van der Waals surface area (Å²) in [6.07, 6.45) is 1.23. The zero-order valence-corrected chi connectivity index (χ0v) is 12.7. The number of ether oxygens (including phenoxy) is 2. The van der Waals surface area contributed by atoms with Gasteiger partial charge in [-0.1, -0.05) is 0 Å². The predicted molar refractivity (Wildman–Crippen MR) is 79.8 cm³/mol. The predicted octanol–water partition coefficient (Wildman–Crippen LogP) is -0.618. The third kappa shape index (κ3) is 4.07. The number of cyclic esters (lactones) is 1. The summed E-state index contributed by atoms with van der Waals surface area (Å²) in [6.45, 7) is 3.91. The molecule has 0 atom stereocenters. The summed E-state index contributed by atoms with van der Waals surface area (Å²) in [5.41, 5.74) is 0.721. The number of hydrogen-bond acceptors (Lipinski definition) is 7. The van der Waals surface area contributed by atoms with Crippen LogP contribution in [0.4, 0.5) is 10.7 Å². The van der Waals surface area contributed by atoms with Crippen molar-refractivity contribution in [3.63, 3.8) is 0 Å². The van der Waals surface area contributed by atoms with Gasteiger partial charge in [-0.15, -0.1) is 0 Å². The van der Waals surface area contributed by atoms with Crippen LogP contribution in [0.25, 0.3) is 0 Å². The van der Waals surface area contributed by atoms with Gasteiger partial charge in [0, 0.05) is 19.3 Å². The molecule has 1 aromatic heterocycles. The molecule has 1 aromatic rings. The molecule has 3 heterocycles. The van der Waals surface area contributed by atoms with Crippen molar-refractivity contribution in [3.8, 4) is 0 Å². The van der Waals surface area contributed by atoms with E-state index in [1.807, 2.05) is 0 Å². The molecule has 0 radical (unpaired) electrons. The van der Waals surface area contributed by atoms with Crippen molar-refractivity contribution in [2.24, 2.45) is 0 Å². The molecule has 2 amide bonds. The van der Waals surface area contributed by atoms with Crippen molar-refractivity contribution in [1.29, 1.82) is 0 Å². The highest BCUT2D eigenvalue weighted by atomic mass is 16.6.